The molecule has 1 heterocycles. The second kappa shape index (κ2) is 8.33. The summed E-state index contributed by atoms with van der Waals surface area (Å²) in [5, 5.41) is 4.19. The van der Waals surface area contributed by atoms with Gasteiger partial charge in [0.1, 0.15) is 12.7 Å². The van der Waals surface area contributed by atoms with Crippen molar-refractivity contribution in [2.24, 2.45) is 0 Å². The molecule has 2 aromatic carbocycles. The summed E-state index contributed by atoms with van der Waals surface area (Å²) in [6.07, 6.45) is 0.592. The highest BCUT2D eigenvalue weighted by molar-refractivity contribution is 6.48. The van der Waals surface area contributed by atoms with Gasteiger partial charge in [-0.25, -0.2) is 9.67 Å². The number of halogens is 7. The second-order valence-corrected chi connectivity index (χ2v) is 7.33. The van der Waals surface area contributed by atoms with Gasteiger partial charge in [0.05, 0.1) is 31.7 Å². The molecule has 0 saturated carbocycles. The van der Waals surface area contributed by atoms with Crippen molar-refractivity contribution in [3.8, 4) is 5.69 Å². The van der Waals surface area contributed by atoms with E-state index in [0.717, 1.165) is 18.2 Å². The number of hydrogen-bond donors (Lipinski definition) is 0. The van der Waals surface area contributed by atoms with Crippen LogP contribution < -0.4 is 0 Å². The molecule has 0 amide bonds. The van der Waals surface area contributed by atoms with Crippen molar-refractivity contribution in [1.82, 2.24) is 14.8 Å². The fraction of sp³-hybridized carbons (Fsp3) is 0.111. The van der Waals surface area contributed by atoms with Crippen molar-refractivity contribution >= 4 is 52.5 Å². The minimum absolute atomic E-state index is 0.00692. The number of alkyl halides is 3. The van der Waals surface area contributed by atoms with Gasteiger partial charge in [0.15, 0.2) is 0 Å². The molecule has 0 radical (unpaired) electrons. The quantitative estimate of drug-likeness (QED) is 0.379. The van der Waals surface area contributed by atoms with E-state index in [4.69, 9.17) is 46.4 Å². The molecule has 1 atom stereocenters. The first-order valence-electron chi connectivity index (χ1n) is 7.70. The van der Waals surface area contributed by atoms with Crippen molar-refractivity contribution in [2.45, 2.75) is 12.1 Å². The molecule has 1 aromatic heterocycles. The highest BCUT2D eigenvalue weighted by Gasteiger charge is 2.39. The Bertz CT molecular complexity index is 994. The molecule has 0 fully saturated rings. The maximum Gasteiger partial charge on any atom is 0.399 e. The second-order valence-electron chi connectivity index (χ2n) is 5.73. The first-order valence-corrected chi connectivity index (χ1v) is 9.22. The van der Waals surface area contributed by atoms with E-state index in [0.29, 0.717) is 16.3 Å². The van der Waals surface area contributed by atoms with Crippen LogP contribution in [0, 0.1) is 0 Å². The minimum atomic E-state index is -4.55. The lowest BCUT2D eigenvalue weighted by atomic mass is 9.97. The highest BCUT2D eigenvalue weighted by Crippen LogP contribution is 2.41. The van der Waals surface area contributed by atoms with Gasteiger partial charge in [0, 0.05) is 0 Å². The van der Waals surface area contributed by atoms with Gasteiger partial charge in [-0.15, -0.1) is 0 Å². The fourth-order valence-corrected chi connectivity index (χ4v) is 3.41. The summed E-state index contributed by atoms with van der Waals surface area (Å²) in [7, 11) is 0. The summed E-state index contributed by atoms with van der Waals surface area (Å²) in [5.41, 5.74) is 0.919. The molecule has 10 heteroatoms. The fourth-order valence-electron chi connectivity index (χ4n) is 2.52. The van der Waals surface area contributed by atoms with Crippen LogP contribution in [0.1, 0.15) is 17.0 Å². The van der Waals surface area contributed by atoms with E-state index in [1.54, 1.807) is 12.1 Å². The van der Waals surface area contributed by atoms with E-state index >= 15 is 0 Å². The van der Waals surface area contributed by atoms with Crippen molar-refractivity contribution in [2.75, 3.05) is 0 Å². The molecular weight excluding hydrogens is 457 g/mol. The summed E-state index contributed by atoms with van der Waals surface area (Å²) in [6.45, 7) is 0. The molecule has 0 spiro atoms. The Morgan fingerprint density at radius 2 is 1.64 bits per heavy atom. The smallest absolute Gasteiger partial charge is 0.223 e. The van der Waals surface area contributed by atoms with Crippen LogP contribution in [-0.2, 0) is 0 Å². The van der Waals surface area contributed by atoms with Crippen LogP contribution in [-0.4, -0.2) is 20.9 Å². The lowest BCUT2D eigenvalue weighted by molar-refractivity contribution is -0.139. The molecule has 0 N–H and O–H groups in total. The monoisotopic (exact) mass is 465 g/mol. The lowest BCUT2D eigenvalue weighted by Gasteiger charge is -2.18. The zero-order valence-corrected chi connectivity index (χ0v) is 16.8. The molecular formula is C18H10Cl4F3N3. The first-order chi connectivity index (χ1) is 13.2. The Kier molecular flexibility index (Phi) is 6.25. The normalized spacial score (nSPS) is 13.2. The SMILES string of the molecule is FC(F)(F)C(C=Cc1ccc(-n2cncn2)c(Cl)c1)c1cc(Cl)c(Cl)c(Cl)c1. The van der Waals surface area contributed by atoms with Crippen molar-refractivity contribution in [3.63, 3.8) is 0 Å². The van der Waals surface area contributed by atoms with Gasteiger partial charge in [0.25, 0.3) is 0 Å². The van der Waals surface area contributed by atoms with Crippen molar-refractivity contribution < 1.29 is 13.2 Å². The Labute approximate surface area is 178 Å². The minimum Gasteiger partial charge on any atom is -0.223 e. The van der Waals surface area contributed by atoms with Gasteiger partial charge in [-0.2, -0.15) is 18.3 Å². The first kappa shape index (κ1) is 21.0. The zero-order chi connectivity index (χ0) is 20.5. The van der Waals surface area contributed by atoms with Crippen LogP contribution in [0.3, 0.4) is 0 Å². The maximum absolute atomic E-state index is 13.6. The third kappa shape index (κ3) is 4.63. The molecule has 0 saturated heterocycles. The van der Waals surface area contributed by atoms with Crippen LogP contribution in [0.2, 0.25) is 20.1 Å². The Hall–Kier alpha value is -1.73. The number of rotatable bonds is 4. The van der Waals surface area contributed by atoms with E-state index in [2.05, 4.69) is 10.1 Å². The summed E-state index contributed by atoms with van der Waals surface area (Å²) < 4.78 is 42.2. The molecule has 3 aromatic rings. The van der Waals surface area contributed by atoms with E-state index in [1.807, 2.05) is 0 Å². The molecule has 1 unspecified atom stereocenters. The summed E-state index contributed by atoms with van der Waals surface area (Å²) in [6, 6.07) is 7.09. The zero-order valence-electron chi connectivity index (χ0n) is 13.8. The molecule has 3 nitrogen and oxygen atoms in total. The van der Waals surface area contributed by atoms with Crippen molar-refractivity contribution in [1.29, 1.82) is 0 Å². The summed E-state index contributed by atoms with van der Waals surface area (Å²) >= 11 is 23.8. The van der Waals surface area contributed by atoms with Gasteiger partial charge in [-0.3, -0.25) is 0 Å². The lowest BCUT2D eigenvalue weighted by Crippen LogP contribution is -2.19. The molecule has 0 aliphatic heterocycles. The molecule has 0 bridgehead atoms. The summed E-state index contributed by atoms with van der Waals surface area (Å²) in [4.78, 5) is 3.83. The van der Waals surface area contributed by atoms with Crippen LogP contribution in [0.4, 0.5) is 13.2 Å². The Morgan fingerprint density at radius 1 is 0.964 bits per heavy atom. The van der Waals surface area contributed by atoms with Crippen LogP contribution in [0.5, 0.6) is 0 Å². The van der Waals surface area contributed by atoms with Crippen molar-refractivity contribution in [3.05, 3.63) is 80.3 Å². The Morgan fingerprint density at radius 3 is 2.18 bits per heavy atom. The largest absolute Gasteiger partial charge is 0.399 e. The number of nitrogens with zero attached hydrogens (tertiary/aromatic N) is 3. The molecule has 28 heavy (non-hydrogen) atoms. The third-order valence-electron chi connectivity index (χ3n) is 3.84. The predicted molar refractivity (Wildman–Crippen MR) is 106 cm³/mol. The molecule has 0 aliphatic carbocycles. The number of benzene rings is 2. The average molecular weight is 467 g/mol. The summed E-state index contributed by atoms with van der Waals surface area (Å²) in [5.74, 6) is -1.92. The number of allylic oxidation sites excluding steroid dienone is 1. The maximum atomic E-state index is 13.6. The van der Waals surface area contributed by atoms with Crippen LogP contribution in [0.15, 0.2) is 49.1 Å². The molecule has 0 aliphatic rings. The van der Waals surface area contributed by atoms with Gasteiger partial charge in [-0.1, -0.05) is 64.6 Å². The topological polar surface area (TPSA) is 30.7 Å². The van der Waals surface area contributed by atoms with Gasteiger partial charge >= 0.3 is 6.18 Å². The van der Waals surface area contributed by atoms with Crippen LogP contribution >= 0.6 is 46.4 Å². The molecule has 3 rings (SSSR count). The van der Waals surface area contributed by atoms with E-state index in [9.17, 15) is 13.2 Å². The highest BCUT2D eigenvalue weighted by atomic mass is 35.5. The van der Waals surface area contributed by atoms with Crippen LogP contribution in [0.25, 0.3) is 11.8 Å². The van der Waals surface area contributed by atoms with Gasteiger partial charge < -0.3 is 0 Å². The van der Waals surface area contributed by atoms with Gasteiger partial charge in [0.2, 0.25) is 0 Å². The van der Waals surface area contributed by atoms with E-state index < -0.39 is 12.1 Å². The third-order valence-corrected chi connectivity index (χ3v) is 5.34. The number of hydrogen-bond acceptors (Lipinski definition) is 2. The predicted octanol–water partition coefficient (Wildman–Crippen LogP) is 7.24. The van der Waals surface area contributed by atoms with E-state index in [1.165, 1.54) is 29.5 Å². The molecule has 146 valence electrons. The average Bonchev–Trinajstić information content (AvgIpc) is 3.13. The van der Waals surface area contributed by atoms with Gasteiger partial charge in [-0.05, 0) is 35.4 Å². The Balaban J connectivity index is 1.94. The standard InChI is InChI=1S/C18H10Cl4F3N3/c19-13-5-10(2-4-16(13)28-9-26-8-27-28)1-3-12(18(23,24)25)11-6-14(20)17(22)15(21)7-11/h1-9,12H. The van der Waals surface area contributed by atoms with E-state index in [-0.39, 0.29) is 20.6 Å². The number of aromatic nitrogens is 3.